The molecule has 7 nitrogen and oxygen atoms in total. The third-order valence-corrected chi connectivity index (χ3v) is 7.24. The van der Waals surface area contributed by atoms with Crippen LogP contribution in [0.4, 0.5) is 14.5 Å². The molecule has 192 valence electrons. The molecular formula is C25H25ClF2N2O5S. The van der Waals surface area contributed by atoms with E-state index < -0.39 is 27.3 Å². The normalized spacial score (nSPS) is 11.2. The van der Waals surface area contributed by atoms with E-state index in [4.69, 9.17) is 16.3 Å². The summed E-state index contributed by atoms with van der Waals surface area (Å²) in [7, 11) is -2.91. The lowest BCUT2D eigenvalue weighted by molar-refractivity contribution is -0.131. The van der Waals surface area contributed by atoms with Crippen molar-refractivity contribution in [1.82, 2.24) is 5.48 Å². The molecule has 0 unspecified atom stereocenters. The van der Waals surface area contributed by atoms with E-state index in [1.54, 1.807) is 24.3 Å². The second-order valence-corrected chi connectivity index (χ2v) is 9.96. The molecule has 0 aliphatic carbocycles. The second-order valence-electron chi connectivity index (χ2n) is 7.67. The smallest absolute Gasteiger partial charge is 0.264 e. The highest BCUT2D eigenvalue weighted by Gasteiger charge is 2.28. The summed E-state index contributed by atoms with van der Waals surface area (Å²) in [5, 5.41) is 0.336. The highest BCUT2D eigenvalue weighted by Crippen LogP contribution is 2.29. The zero-order chi connectivity index (χ0) is 26.1. The van der Waals surface area contributed by atoms with Crippen molar-refractivity contribution in [3.05, 3.63) is 89.0 Å². The molecule has 3 rings (SSSR count). The van der Waals surface area contributed by atoms with Gasteiger partial charge in [-0.1, -0.05) is 29.8 Å². The summed E-state index contributed by atoms with van der Waals surface area (Å²) in [5.74, 6) is -1.44. The standard InChI is InChI=1S/C25H25ClF2N2O5S/c1-34-29-25(31)7-4-16-35-24-6-3-2-5-18(24)14-15-30(23-17-20(27)10-13-22(23)28)36(32,33)21-11-8-19(26)9-12-21/h2-3,5-6,8-13,17H,4,7,14-16H2,1H3,(H,29,31). The van der Waals surface area contributed by atoms with Crippen LogP contribution in [-0.4, -0.2) is 34.6 Å². The molecule has 0 aliphatic heterocycles. The van der Waals surface area contributed by atoms with Crippen molar-refractivity contribution in [2.24, 2.45) is 0 Å². The largest absolute Gasteiger partial charge is 0.493 e. The Morgan fingerprint density at radius 3 is 2.50 bits per heavy atom. The average molecular weight is 539 g/mol. The van der Waals surface area contributed by atoms with Gasteiger partial charge < -0.3 is 4.74 Å². The number of halogens is 3. The number of hydrogen-bond acceptors (Lipinski definition) is 5. The third kappa shape index (κ3) is 7.16. The summed E-state index contributed by atoms with van der Waals surface area (Å²) in [6.45, 7) is 0.0431. The lowest BCUT2D eigenvalue weighted by Crippen LogP contribution is -2.34. The van der Waals surface area contributed by atoms with E-state index >= 15 is 0 Å². The number of nitrogens with one attached hydrogen (secondary N) is 1. The summed E-state index contributed by atoms with van der Waals surface area (Å²) in [6, 6.07) is 15.0. The molecule has 1 N–H and O–H groups in total. The molecule has 0 aromatic heterocycles. The van der Waals surface area contributed by atoms with Crippen LogP contribution in [0.3, 0.4) is 0 Å². The fourth-order valence-electron chi connectivity index (χ4n) is 3.43. The zero-order valence-corrected chi connectivity index (χ0v) is 21.0. The van der Waals surface area contributed by atoms with Crippen molar-refractivity contribution >= 4 is 33.2 Å². The molecule has 3 aromatic carbocycles. The maximum Gasteiger partial charge on any atom is 0.264 e. The van der Waals surface area contributed by atoms with Crippen molar-refractivity contribution in [3.63, 3.8) is 0 Å². The lowest BCUT2D eigenvalue weighted by atomic mass is 10.1. The van der Waals surface area contributed by atoms with Crippen LogP contribution in [0.1, 0.15) is 18.4 Å². The molecular weight excluding hydrogens is 514 g/mol. The first-order chi connectivity index (χ1) is 17.2. The number of ether oxygens (including phenoxy) is 1. The Morgan fingerprint density at radius 1 is 1.06 bits per heavy atom. The third-order valence-electron chi connectivity index (χ3n) is 5.16. The van der Waals surface area contributed by atoms with Crippen molar-refractivity contribution in [2.75, 3.05) is 24.6 Å². The Hall–Kier alpha value is -3.21. The number of hydroxylamine groups is 1. The molecule has 1 amide bonds. The van der Waals surface area contributed by atoms with Gasteiger partial charge in [0.2, 0.25) is 5.91 Å². The Kier molecular flexibility index (Phi) is 9.63. The van der Waals surface area contributed by atoms with Gasteiger partial charge in [-0.25, -0.2) is 22.7 Å². The molecule has 0 spiro atoms. The van der Waals surface area contributed by atoms with E-state index in [9.17, 15) is 22.0 Å². The zero-order valence-electron chi connectivity index (χ0n) is 19.4. The Balaban J connectivity index is 1.83. The van der Waals surface area contributed by atoms with Crippen molar-refractivity contribution in [1.29, 1.82) is 0 Å². The van der Waals surface area contributed by atoms with Crippen LogP contribution in [0.2, 0.25) is 5.02 Å². The monoisotopic (exact) mass is 538 g/mol. The first-order valence-electron chi connectivity index (χ1n) is 11.0. The molecule has 0 aliphatic rings. The van der Waals surface area contributed by atoms with Crippen LogP contribution in [-0.2, 0) is 26.1 Å². The van der Waals surface area contributed by atoms with E-state index in [0.717, 1.165) is 22.5 Å². The van der Waals surface area contributed by atoms with Gasteiger partial charge in [-0.2, -0.15) is 0 Å². The molecule has 3 aromatic rings. The average Bonchev–Trinajstić information content (AvgIpc) is 2.85. The van der Waals surface area contributed by atoms with Crippen molar-refractivity contribution in [3.8, 4) is 5.75 Å². The number of amides is 1. The van der Waals surface area contributed by atoms with E-state index in [0.29, 0.717) is 22.8 Å². The number of hydrogen-bond donors (Lipinski definition) is 1. The van der Waals surface area contributed by atoms with Crippen LogP contribution in [0.15, 0.2) is 71.6 Å². The molecule has 36 heavy (non-hydrogen) atoms. The first-order valence-corrected chi connectivity index (χ1v) is 12.8. The maximum absolute atomic E-state index is 14.7. The predicted octanol–water partition coefficient (Wildman–Crippen LogP) is 4.89. The quantitative estimate of drug-likeness (QED) is 0.262. The molecule has 0 fully saturated rings. The van der Waals surface area contributed by atoms with Crippen molar-refractivity contribution in [2.45, 2.75) is 24.2 Å². The fourth-order valence-corrected chi connectivity index (χ4v) is 5.02. The van der Waals surface area contributed by atoms with E-state index in [2.05, 4.69) is 10.3 Å². The van der Waals surface area contributed by atoms with Crippen LogP contribution in [0.25, 0.3) is 0 Å². The van der Waals surface area contributed by atoms with Crippen LogP contribution >= 0.6 is 11.6 Å². The van der Waals surface area contributed by atoms with Crippen LogP contribution in [0.5, 0.6) is 5.75 Å². The van der Waals surface area contributed by atoms with Crippen molar-refractivity contribution < 1.29 is 31.6 Å². The SMILES string of the molecule is CONC(=O)CCCOc1ccccc1CCN(c1cc(F)ccc1F)S(=O)(=O)c1ccc(Cl)cc1. The summed E-state index contributed by atoms with van der Waals surface area (Å²) in [6.07, 6.45) is 0.764. The van der Waals surface area contributed by atoms with E-state index in [-0.39, 0.29) is 36.8 Å². The summed E-state index contributed by atoms with van der Waals surface area (Å²) in [4.78, 5) is 15.9. The van der Waals surface area contributed by atoms with Gasteiger partial charge in [0.05, 0.1) is 24.3 Å². The molecule has 0 bridgehead atoms. The van der Waals surface area contributed by atoms with Gasteiger partial charge >= 0.3 is 0 Å². The topological polar surface area (TPSA) is 84.9 Å². The Bertz CT molecular complexity index is 1290. The Morgan fingerprint density at radius 2 is 1.78 bits per heavy atom. The number of sulfonamides is 1. The lowest BCUT2D eigenvalue weighted by Gasteiger charge is -2.25. The van der Waals surface area contributed by atoms with Crippen LogP contribution in [0, 0.1) is 11.6 Å². The van der Waals surface area contributed by atoms with Gasteiger partial charge in [0.25, 0.3) is 10.0 Å². The number of nitrogens with zero attached hydrogens (tertiary/aromatic N) is 1. The summed E-state index contributed by atoms with van der Waals surface area (Å²) >= 11 is 5.89. The number of carbonyl (C=O) groups is 1. The number of benzene rings is 3. The van der Waals surface area contributed by atoms with Gasteiger partial charge in [0.1, 0.15) is 17.4 Å². The first kappa shape index (κ1) is 27.4. The van der Waals surface area contributed by atoms with E-state index in [1.807, 2.05) is 0 Å². The molecule has 0 saturated heterocycles. The number of carbonyl (C=O) groups excluding carboxylic acids is 1. The fraction of sp³-hybridized carbons (Fsp3) is 0.240. The second kappa shape index (κ2) is 12.7. The minimum Gasteiger partial charge on any atom is -0.493 e. The van der Waals surface area contributed by atoms with Crippen LogP contribution < -0.4 is 14.5 Å². The molecule has 0 saturated carbocycles. The maximum atomic E-state index is 14.7. The number of rotatable bonds is 12. The predicted molar refractivity (Wildman–Crippen MR) is 132 cm³/mol. The highest BCUT2D eigenvalue weighted by atomic mass is 35.5. The van der Waals surface area contributed by atoms with Gasteiger partial charge in [0, 0.05) is 24.1 Å². The molecule has 0 atom stereocenters. The van der Waals surface area contributed by atoms with Gasteiger partial charge in [-0.3, -0.25) is 13.9 Å². The van der Waals surface area contributed by atoms with Gasteiger partial charge in [0.15, 0.2) is 0 Å². The summed E-state index contributed by atoms with van der Waals surface area (Å²) in [5.41, 5.74) is 2.47. The number of para-hydroxylation sites is 1. The van der Waals surface area contributed by atoms with Gasteiger partial charge in [-0.15, -0.1) is 0 Å². The minimum absolute atomic E-state index is 0.116. The molecule has 11 heteroatoms. The molecule has 0 heterocycles. The highest BCUT2D eigenvalue weighted by molar-refractivity contribution is 7.92. The van der Waals surface area contributed by atoms with E-state index in [1.165, 1.54) is 31.4 Å². The summed E-state index contributed by atoms with van der Waals surface area (Å²) < 4.78 is 62.2. The minimum atomic E-state index is -4.26. The Labute approximate surface area is 213 Å². The van der Waals surface area contributed by atoms with Gasteiger partial charge in [-0.05, 0) is 60.9 Å². The number of anilines is 1. The molecule has 0 radical (unpaired) electrons.